The second-order valence-electron chi connectivity index (χ2n) is 7.73. The van der Waals surface area contributed by atoms with Crippen molar-refractivity contribution in [2.24, 2.45) is 0 Å². The quantitative estimate of drug-likeness (QED) is 0.355. The lowest BCUT2D eigenvalue weighted by Crippen LogP contribution is -2.30. The highest BCUT2D eigenvalue weighted by atomic mass is 16.6. The molecule has 170 valence electrons. The number of carbonyl (C=O) groups excluding carboxylic acids is 1. The van der Waals surface area contributed by atoms with Gasteiger partial charge in [-0.2, -0.15) is 0 Å². The Bertz CT molecular complexity index is 1120. The fraction of sp³-hybridized carbons (Fsp3) is 0.250. The zero-order chi connectivity index (χ0) is 23.4. The summed E-state index contributed by atoms with van der Waals surface area (Å²) in [5.41, 5.74) is 4.37. The van der Waals surface area contributed by atoms with Gasteiger partial charge in [-0.3, -0.25) is 0 Å². The number of pyridine rings is 1. The summed E-state index contributed by atoms with van der Waals surface area (Å²) in [6.07, 6.45) is -2.28. The number of carbonyl (C=O) groups is 1. The molecule has 9 heteroatoms. The van der Waals surface area contributed by atoms with Gasteiger partial charge in [-0.25, -0.2) is 4.79 Å². The van der Waals surface area contributed by atoms with Crippen molar-refractivity contribution in [3.63, 3.8) is 0 Å². The van der Waals surface area contributed by atoms with Crippen LogP contribution in [0.15, 0.2) is 66.9 Å². The van der Waals surface area contributed by atoms with Crippen LogP contribution >= 0.6 is 0 Å². The van der Waals surface area contributed by atoms with Gasteiger partial charge in [-0.15, -0.1) is 0 Å². The van der Waals surface area contributed by atoms with Gasteiger partial charge in [0.05, 0.1) is 11.7 Å². The number of nitro groups is 1. The number of rotatable bonds is 8. The molecule has 4 rings (SSSR count). The molecular weight excluding hydrogens is 426 g/mol. The third-order valence-electron chi connectivity index (χ3n) is 5.73. The van der Waals surface area contributed by atoms with Crippen molar-refractivity contribution in [3.05, 3.63) is 93.7 Å². The van der Waals surface area contributed by atoms with Crippen molar-refractivity contribution in [2.75, 3.05) is 13.2 Å². The normalized spacial score (nSPS) is 14.1. The summed E-state index contributed by atoms with van der Waals surface area (Å²) in [6, 6.07) is 18.8. The number of aliphatic hydroxyl groups excluding tert-OH is 2. The van der Waals surface area contributed by atoms with Gasteiger partial charge >= 0.3 is 11.9 Å². The average Bonchev–Trinajstić information content (AvgIpc) is 3.16. The van der Waals surface area contributed by atoms with Crippen molar-refractivity contribution >= 4 is 11.9 Å². The minimum absolute atomic E-state index is 0.0168. The van der Waals surface area contributed by atoms with Gasteiger partial charge in [-0.05, 0) is 50.7 Å². The van der Waals surface area contributed by atoms with Crippen LogP contribution in [0.5, 0.6) is 0 Å². The first kappa shape index (κ1) is 22.4. The summed E-state index contributed by atoms with van der Waals surface area (Å²) in [5, 5.41) is 34.1. The smallest absolute Gasteiger partial charge is 0.407 e. The molecule has 0 saturated carbocycles. The predicted molar refractivity (Wildman–Crippen MR) is 120 cm³/mol. The van der Waals surface area contributed by atoms with E-state index in [0.717, 1.165) is 22.3 Å². The molecule has 0 spiro atoms. The molecule has 0 bridgehead atoms. The van der Waals surface area contributed by atoms with Crippen LogP contribution in [0, 0.1) is 10.1 Å². The van der Waals surface area contributed by atoms with Gasteiger partial charge in [0.2, 0.25) is 0 Å². The number of hydrogen-bond donors (Lipinski definition) is 3. The molecule has 2 aromatic carbocycles. The average molecular weight is 449 g/mol. The minimum Gasteiger partial charge on any atom is -0.449 e. The number of aliphatic hydroxyl groups is 2. The Labute approximate surface area is 189 Å². The second-order valence-corrected chi connectivity index (χ2v) is 7.73. The minimum atomic E-state index is -1.51. The Kier molecular flexibility index (Phi) is 6.62. The number of nitrogens with zero attached hydrogens (tertiary/aromatic N) is 2. The van der Waals surface area contributed by atoms with Crippen molar-refractivity contribution < 1.29 is 24.7 Å². The molecule has 1 amide bonds. The maximum Gasteiger partial charge on any atom is 0.407 e. The van der Waals surface area contributed by atoms with Crippen LogP contribution in [0.3, 0.4) is 0 Å². The van der Waals surface area contributed by atoms with E-state index >= 15 is 0 Å². The van der Waals surface area contributed by atoms with E-state index in [2.05, 4.69) is 10.3 Å². The van der Waals surface area contributed by atoms with Crippen molar-refractivity contribution in [1.29, 1.82) is 0 Å². The first-order valence-corrected chi connectivity index (χ1v) is 10.5. The van der Waals surface area contributed by atoms with Crippen LogP contribution in [0.25, 0.3) is 11.1 Å². The van der Waals surface area contributed by atoms with E-state index < -0.39 is 29.0 Å². The standard InChI is InChI=1S/C24H23N3O6/c28-21(22(29)19-10-5-12-25-23(19)27(31)32)11-13-26-24(30)33-14-20-17-8-3-1-6-15(17)16-7-2-4-9-18(16)20/h1-10,12,20-22,28-29H,11,13-14H2,(H,26,30). The van der Waals surface area contributed by atoms with E-state index in [-0.39, 0.29) is 31.1 Å². The van der Waals surface area contributed by atoms with Gasteiger partial charge in [0.1, 0.15) is 18.9 Å². The molecule has 0 aliphatic heterocycles. The van der Waals surface area contributed by atoms with E-state index in [4.69, 9.17) is 4.74 Å². The molecule has 2 atom stereocenters. The number of hydrogen-bond acceptors (Lipinski definition) is 7. The number of amides is 1. The maximum absolute atomic E-state index is 12.2. The first-order valence-electron chi connectivity index (χ1n) is 10.5. The topological polar surface area (TPSA) is 135 Å². The van der Waals surface area contributed by atoms with Crippen LogP contribution in [-0.2, 0) is 4.74 Å². The number of benzene rings is 2. The zero-order valence-electron chi connectivity index (χ0n) is 17.6. The molecule has 1 aromatic heterocycles. The van der Waals surface area contributed by atoms with Crippen LogP contribution in [-0.4, -0.2) is 45.5 Å². The number of ether oxygens (including phenoxy) is 1. The van der Waals surface area contributed by atoms with Gasteiger partial charge in [-0.1, -0.05) is 48.5 Å². The summed E-state index contributed by atoms with van der Waals surface area (Å²) in [7, 11) is 0. The SMILES string of the molecule is O=C(NCCC(O)C(O)c1cccnc1[N+](=O)[O-])OCC1c2ccccc2-c2ccccc21. The van der Waals surface area contributed by atoms with Gasteiger partial charge in [0.15, 0.2) is 0 Å². The lowest BCUT2D eigenvalue weighted by molar-refractivity contribution is -0.391. The lowest BCUT2D eigenvalue weighted by atomic mass is 9.98. The molecule has 9 nitrogen and oxygen atoms in total. The number of fused-ring (bicyclic) bond motifs is 3. The number of aromatic nitrogens is 1. The zero-order valence-corrected chi connectivity index (χ0v) is 17.6. The van der Waals surface area contributed by atoms with Gasteiger partial charge in [0, 0.05) is 12.5 Å². The van der Waals surface area contributed by atoms with E-state index in [9.17, 15) is 25.1 Å². The van der Waals surface area contributed by atoms with Crippen LogP contribution in [0.1, 0.15) is 35.1 Å². The third kappa shape index (κ3) is 4.69. The molecule has 3 aromatic rings. The predicted octanol–water partition coefficient (Wildman–Crippen LogP) is 3.31. The van der Waals surface area contributed by atoms with Crippen molar-refractivity contribution in [3.8, 4) is 11.1 Å². The Balaban J connectivity index is 1.30. The largest absolute Gasteiger partial charge is 0.449 e. The fourth-order valence-electron chi connectivity index (χ4n) is 4.13. The summed E-state index contributed by atoms with van der Waals surface area (Å²) >= 11 is 0. The Morgan fingerprint density at radius 1 is 1.06 bits per heavy atom. The van der Waals surface area contributed by atoms with Gasteiger partial charge < -0.3 is 30.4 Å². The molecule has 3 N–H and O–H groups in total. The third-order valence-corrected chi connectivity index (χ3v) is 5.73. The summed E-state index contributed by atoms with van der Waals surface area (Å²) < 4.78 is 5.42. The van der Waals surface area contributed by atoms with Crippen LogP contribution in [0.2, 0.25) is 0 Å². The van der Waals surface area contributed by atoms with E-state index in [1.54, 1.807) is 0 Å². The molecule has 0 saturated heterocycles. The van der Waals surface area contributed by atoms with E-state index in [1.165, 1.54) is 18.3 Å². The molecule has 33 heavy (non-hydrogen) atoms. The Hall–Kier alpha value is -3.82. The highest BCUT2D eigenvalue weighted by Gasteiger charge is 2.29. The van der Waals surface area contributed by atoms with Gasteiger partial charge in [0.25, 0.3) is 0 Å². The molecule has 1 aliphatic rings. The van der Waals surface area contributed by atoms with Crippen LogP contribution in [0.4, 0.5) is 10.6 Å². The van der Waals surface area contributed by atoms with Crippen molar-refractivity contribution in [2.45, 2.75) is 24.5 Å². The number of nitrogens with one attached hydrogen (secondary N) is 1. The maximum atomic E-state index is 12.2. The highest BCUT2D eigenvalue weighted by molar-refractivity contribution is 5.79. The second kappa shape index (κ2) is 9.76. The fourth-order valence-corrected chi connectivity index (χ4v) is 4.13. The number of alkyl carbamates (subject to hydrolysis) is 1. The summed E-state index contributed by atoms with van der Waals surface area (Å²) in [4.78, 5) is 26.2. The Morgan fingerprint density at radius 2 is 1.70 bits per heavy atom. The molecule has 1 heterocycles. The highest BCUT2D eigenvalue weighted by Crippen LogP contribution is 2.44. The molecule has 0 radical (unpaired) electrons. The van der Waals surface area contributed by atoms with E-state index in [0.29, 0.717) is 0 Å². The first-order chi connectivity index (χ1) is 16.0. The van der Waals surface area contributed by atoms with Crippen LogP contribution < -0.4 is 5.32 Å². The molecule has 1 aliphatic carbocycles. The molecule has 2 unspecified atom stereocenters. The van der Waals surface area contributed by atoms with E-state index in [1.807, 2.05) is 48.5 Å². The van der Waals surface area contributed by atoms with Crippen molar-refractivity contribution in [1.82, 2.24) is 10.3 Å². The lowest BCUT2D eigenvalue weighted by Gasteiger charge is -2.18. The summed E-state index contributed by atoms with van der Waals surface area (Å²) in [6.45, 7) is 0.176. The monoisotopic (exact) mass is 449 g/mol. The Morgan fingerprint density at radius 3 is 2.33 bits per heavy atom. The summed E-state index contributed by atoms with van der Waals surface area (Å²) in [5.74, 6) is -0.588. The molecule has 0 fully saturated rings. The molecular formula is C24H23N3O6.